The largest absolute Gasteiger partial charge is 0.365 e. The summed E-state index contributed by atoms with van der Waals surface area (Å²) in [5.74, 6) is 0. The molecule has 99 valence electrons. The quantitative estimate of drug-likeness (QED) is 0.753. The van der Waals surface area contributed by atoms with Gasteiger partial charge in [0.05, 0.1) is 6.04 Å². The highest BCUT2D eigenvalue weighted by Crippen LogP contribution is 2.28. The summed E-state index contributed by atoms with van der Waals surface area (Å²) in [6.45, 7) is 9.45. The van der Waals surface area contributed by atoms with E-state index in [-0.39, 0.29) is 6.04 Å². The van der Waals surface area contributed by atoms with Crippen molar-refractivity contribution < 1.29 is 0 Å². The zero-order chi connectivity index (χ0) is 13.8. The molecule has 0 aromatic heterocycles. The maximum absolute atomic E-state index is 6.06. The minimum atomic E-state index is 0.0606. The number of aryl methyl sites for hydroxylation is 1. The van der Waals surface area contributed by atoms with E-state index in [2.05, 4.69) is 56.0 Å². The van der Waals surface area contributed by atoms with Crippen molar-refractivity contribution in [2.24, 2.45) is 0 Å². The molecule has 0 spiro atoms. The van der Waals surface area contributed by atoms with Gasteiger partial charge in [0.25, 0.3) is 0 Å². The second-order valence-electron chi connectivity index (χ2n) is 4.70. The minimum absolute atomic E-state index is 0.0606. The molecule has 0 heterocycles. The Morgan fingerprint density at radius 2 is 1.89 bits per heavy atom. The minimum Gasteiger partial charge on any atom is -0.365 e. The molecular formula is C17H19ClN. The van der Waals surface area contributed by atoms with Crippen molar-refractivity contribution in [1.82, 2.24) is 0 Å². The fourth-order valence-electron chi connectivity index (χ4n) is 2.28. The van der Waals surface area contributed by atoms with Gasteiger partial charge >= 0.3 is 0 Å². The number of halogens is 1. The van der Waals surface area contributed by atoms with Crippen LogP contribution in [0.5, 0.6) is 0 Å². The standard InChI is InChI=1S/C17H19ClN/c1-4-19(17-10-5-7-13(2)11-17)14(3)15-8-6-9-16(18)12-15/h5-12,14H,3-4H2,1-2H3. The molecule has 0 fully saturated rings. The van der Waals surface area contributed by atoms with Crippen molar-refractivity contribution >= 4 is 17.3 Å². The van der Waals surface area contributed by atoms with Gasteiger partial charge in [-0.2, -0.15) is 0 Å². The predicted octanol–water partition coefficient (Wildman–Crippen LogP) is 5.05. The molecule has 0 saturated carbocycles. The Balaban J connectivity index is 2.31. The lowest BCUT2D eigenvalue weighted by Gasteiger charge is -2.30. The lowest BCUT2D eigenvalue weighted by atomic mass is 10.1. The Morgan fingerprint density at radius 3 is 2.53 bits per heavy atom. The SMILES string of the molecule is [CH2]C(c1cccc(Cl)c1)N(CC)c1cccc(C)c1. The average Bonchev–Trinajstić information content (AvgIpc) is 2.39. The van der Waals surface area contributed by atoms with E-state index in [0.717, 1.165) is 17.1 Å². The van der Waals surface area contributed by atoms with Crippen LogP contribution in [0, 0.1) is 13.8 Å². The van der Waals surface area contributed by atoms with Crippen LogP contribution in [0.2, 0.25) is 5.02 Å². The summed E-state index contributed by atoms with van der Waals surface area (Å²) in [5, 5.41) is 0.756. The summed E-state index contributed by atoms with van der Waals surface area (Å²) < 4.78 is 0. The number of nitrogens with zero attached hydrogens (tertiary/aromatic N) is 1. The van der Waals surface area contributed by atoms with Crippen LogP contribution in [-0.4, -0.2) is 6.54 Å². The van der Waals surface area contributed by atoms with Gasteiger partial charge in [-0.3, -0.25) is 0 Å². The molecule has 19 heavy (non-hydrogen) atoms. The number of hydrogen-bond acceptors (Lipinski definition) is 1. The van der Waals surface area contributed by atoms with Gasteiger partial charge in [-0.15, -0.1) is 0 Å². The summed E-state index contributed by atoms with van der Waals surface area (Å²) in [6.07, 6.45) is 0. The van der Waals surface area contributed by atoms with Crippen molar-refractivity contribution in [1.29, 1.82) is 0 Å². The van der Waals surface area contributed by atoms with Gasteiger partial charge in [-0.25, -0.2) is 0 Å². The molecule has 0 N–H and O–H groups in total. The van der Waals surface area contributed by atoms with Crippen LogP contribution in [0.25, 0.3) is 0 Å². The third kappa shape index (κ3) is 3.30. The van der Waals surface area contributed by atoms with Gasteiger partial charge in [-0.05, 0) is 56.2 Å². The monoisotopic (exact) mass is 272 g/mol. The molecule has 0 amide bonds. The number of rotatable bonds is 4. The van der Waals surface area contributed by atoms with E-state index in [1.165, 1.54) is 11.3 Å². The molecule has 2 heteroatoms. The maximum Gasteiger partial charge on any atom is 0.0543 e. The molecule has 0 bridgehead atoms. The third-order valence-corrected chi connectivity index (χ3v) is 3.52. The van der Waals surface area contributed by atoms with Gasteiger partial charge in [-0.1, -0.05) is 35.9 Å². The van der Waals surface area contributed by atoms with Gasteiger partial charge in [0.2, 0.25) is 0 Å². The molecule has 1 radical (unpaired) electrons. The van der Waals surface area contributed by atoms with Crippen LogP contribution in [-0.2, 0) is 0 Å². The van der Waals surface area contributed by atoms with Crippen LogP contribution >= 0.6 is 11.6 Å². The zero-order valence-corrected chi connectivity index (χ0v) is 12.2. The molecule has 1 atom stereocenters. The normalized spacial score (nSPS) is 12.2. The van der Waals surface area contributed by atoms with Crippen molar-refractivity contribution in [3.8, 4) is 0 Å². The first-order valence-electron chi connectivity index (χ1n) is 6.53. The Labute approximate surface area is 120 Å². The Kier molecular flexibility index (Phi) is 4.49. The van der Waals surface area contributed by atoms with Crippen LogP contribution in [0.1, 0.15) is 24.1 Å². The molecule has 0 aliphatic heterocycles. The second kappa shape index (κ2) is 6.12. The van der Waals surface area contributed by atoms with Crippen LogP contribution in [0.15, 0.2) is 48.5 Å². The molecule has 0 aliphatic carbocycles. The number of benzene rings is 2. The highest BCUT2D eigenvalue weighted by Gasteiger charge is 2.15. The van der Waals surface area contributed by atoms with E-state index in [9.17, 15) is 0 Å². The first-order chi connectivity index (χ1) is 9.11. The summed E-state index contributed by atoms with van der Waals surface area (Å²) in [7, 11) is 0. The van der Waals surface area contributed by atoms with Crippen molar-refractivity contribution in [2.75, 3.05) is 11.4 Å². The van der Waals surface area contributed by atoms with E-state index in [4.69, 9.17) is 11.6 Å². The average molecular weight is 273 g/mol. The van der Waals surface area contributed by atoms with E-state index >= 15 is 0 Å². The fraction of sp³-hybridized carbons (Fsp3) is 0.235. The van der Waals surface area contributed by atoms with Gasteiger partial charge < -0.3 is 4.90 Å². The maximum atomic E-state index is 6.06. The number of hydrogen-bond donors (Lipinski definition) is 0. The Morgan fingerprint density at radius 1 is 1.16 bits per heavy atom. The Bertz CT molecular complexity index is 550. The highest BCUT2D eigenvalue weighted by atomic mass is 35.5. The smallest absolute Gasteiger partial charge is 0.0543 e. The van der Waals surface area contributed by atoms with Gasteiger partial charge in [0, 0.05) is 17.3 Å². The molecule has 2 rings (SSSR count). The van der Waals surface area contributed by atoms with Gasteiger partial charge in [0.15, 0.2) is 0 Å². The molecule has 1 nitrogen and oxygen atoms in total. The molecular weight excluding hydrogens is 254 g/mol. The lowest BCUT2D eigenvalue weighted by Crippen LogP contribution is -2.26. The topological polar surface area (TPSA) is 3.24 Å². The summed E-state index contributed by atoms with van der Waals surface area (Å²) in [5.41, 5.74) is 3.59. The molecule has 0 aliphatic rings. The van der Waals surface area contributed by atoms with E-state index in [1.807, 2.05) is 18.2 Å². The Hall–Kier alpha value is -1.47. The number of anilines is 1. The zero-order valence-electron chi connectivity index (χ0n) is 11.4. The summed E-state index contributed by atoms with van der Waals surface area (Å²) >= 11 is 6.06. The van der Waals surface area contributed by atoms with Crippen molar-refractivity contribution in [2.45, 2.75) is 19.9 Å². The van der Waals surface area contributed by atoms with Crippen LogP contribution in [0.4, 0.5) is 5.69 Å². The van der Waals surface area contributed by atoms with Crippen molar-refractivity contribution in [3.05, 3.63) is 71.6 Å². The molecule has 1 unspecified atom stereocenters. The van der Waals surface area contributed by atoms with Crippen LogP contribution in [0.3, 0.4) is 0 Å². The fourth-order valence-corrected chi connectivity index (χ4v) is 2.48. The second-order valence-corrected chi connectivity index (χ2v) is 5.13. The molecule has 2 aromatic rings. The third-order valence-electron chi connectivity index (χ3n) is 3.28. The van der Waals surface area contributed by atoms with Crippen LogP contribution < -0.4 is 4.90 Å². The predicted molar refractivity (Wildman–Crippen MR) is 83.7 cm³/mol. The first-order valence-corrected chi connectivity index (χ1v) is 6.91. The van der Waals surface area contributed by atoms with Crippen molar-refractivity contribution in [3.63, 3.8) is 0 Å². The van der Waals surface area contributed by atoms with E-state index in [1.54, 1.807) is 0 Å². The summed E-state index contributed by atoms with van der Waals surface area (Å²) in [4.78, 5) is 2.28. The van der Waals surface area contributed by atoms with E-state index in [0.29, 0.717) is 0 Å². The highest BCUT2D eigenvalue weighted by molar-refractivity contribution is 6.30. The summed E-state index contributed by atoms with van der Waals surface area (Å²) in [6, 6.07) is 16.5. The first kappa shape index (κ1) is 14.0. The molecule has 2 aromatic carbocycles. The van der Waals surface area contributed by atoms with E-state index < -0.39 is 0 Å². The molecule has 0 saturated heterocycles. The van der Waals surface area contributed by atoms with Gasteiger partial charge in [0.1, 0.15) is 0 Å². The lowest BCUT2D eigenvalue weighted by molar-refractivity contribution is 0.743.